The molecule has 194 valence electrons. The van der Waals surface area contributed by atoms with Crippen LogP contribution in [-0.2, 0) is 0 Å². The molecule has 0 saturated heterocycles. The fourth-order valence-electron chi connectivity index (χ4n) is 6.69. The van der Waals surface area contributed by atoms with Crippen LogP contribution in [0.5, 0.6) is 5.75 Å². The average molecular weight is 529 g/mol. The highest BCUT2D eigenvalue weighted by Gasteiger charge is 2.30. The number of methoxy groups -OCH3 is 1. The van der Waals surface area contributed by atoms with Crippen molar-refractivity contribution in [3.63, 3.8) is 0 Å². The first-order valence-electron chi connectivity index (χ1n) is 13.8. The second-order valence-corrected chi connectivity index (χ2v) is 10.5. The van der Waals surface area contributed by atoms with Crippen LogP contribution in [0.2, 0.25) is 0 Å². The third kappa shape index (κ3) is 3.47. The van der Waals surface area contributed by atoms with Gasteiger partial charge in [0.2, 0.25) is 0 Å². The first-order chi connectivity index (χ1) is 20.2. The van der Waals surface area contributed by atoms with E-state index >= 15 is 4.39 Å². The van der Waals surface area contributed by atoms with E-state index in [1.54, 1.807) is 13.2 Å². The van der Waals surface area contributed by atoms with Gasteiger partial charge in [0.05, 0.1) is 7.11 Å². The third-order valence-corrected chi connectivity index (χ3v) is 8.37. The molecule has 0 radical (unpaired) electrons. The molecule has 7 aromatic carbocycles. The SMILES string of the molecule is COc1ccc(-c2c3c(c(-c4ccccc4)c4ccccc24)-c2cccc4cccc-3c24)cc1-c1ccccc1F. The van der Waals surface area contributed by atoms with Gasteiger partial charge in [-0.1, -0.05) is 115 Å². The predicted molar refractivity (Wildman–Crippen MR) is 169 cm³/mol. The zero-order chi connectivity index (χ0) is 27.5. The molecule has 1 nitrogen and oxygen atoms in total. The minimum Gasteiger partial charge on any atom is -0.496 e. The van der Waals surface area contributed by atoms with Crippen LogP contribution in [0.25, 0.3) is 77.2 Å². The zero-order valence-electron chi connectivity index (χ0n) is 22.5. The van der Waals surface area contributed by atoms with Gasteiger partial charge in [0.25, 0.3) is 0 Å². The van der Waals surface area contributed by atoms with Crippen LogP contribution in [0, 0.1) is 5.82 Å². The molecule has 0 amide bonds. The summed E-state index contributed by atoms with van der Waals surface area (Å²) < 4.78 is 20.8. The highest BCUT2D eigenvalue weighted by atomic mass is 19.1. The molecule has 0 saturated carbocycles. The number of benzene rings is 7. The van der Waals surface area contributed by atoms with Crippen LogP contribution in [0.15, 0.2) is 133 Å². The largest absolute Gasteiger partial charge is 0.496 e. The predicted octanol–water partition coefficient (Wildman–Crippen LogP) is 10.8. The Morgan fingerprint density at radius 2 is 1.05 bits per heavy atom. The maximum atomic E-state index is 15.1. The Morgan fingerprint density at radius 1 is 0.463 bits per heavy atom. The number of rotatable bonds is 4. The number of hydrogen-bond donors (Lipinski definition) is 0. The first-order valence-corrected chi connectivity index (χ1v) is 13.8. The molecule has 41 heavy (non-hydrogen) atoms. The number of fused-ring (bicyclic) bond motifs is 4. The smallest absolute Gasteiger partial charge is 0.131 e. The summed E-state index contributed by atoms with van der Waals surface area (Å²) in [5.74, 6) is 0.376. The van der Waals surface area contributed by atoms with Gasteiger partial charge in [0.15, 0.2) is 0 Å². The van der Waals surface area contributed by atoms with E-state index in [2.05, 4.69) is 103 Å². The van der Waals surface area contributed by atoms with Crippen LogP contribution in [0.1, 0.15) is 0 Å². The summed E-state index contributed by atoms with van der Waals surface area (Å²) in [6.07, 6.45) is 0. The molecule has 0 aliphatic heterocycles. The van der Waals surface area contributed by atoms with Gasteiger partial charge in [-0.3, -0.25) is 0 Å². The van der Waals surface area contributed by atoms with E-state index in [1.165, 1.54) is 61.0 Å². The number of hydrogen-bond acceptors (Lipinski definition) is 1. The molecule has 1 aliphatic carbocycles. The molecular weight excluding hydrogens is 503 g/mol. The topological polar surface area (TPSA) is 9.23 Å². The average Bonchev–Trinajstić information content (AvgIpc) is 3.35. The lowest BCUT2D eigenvalue weighted by atomic mass is 9.82. The van der Waals surface area contributed by atoms with E-state index in [1.807, 2.05) is 18.2 Å². The van der Waals surface area contributed by atoms with Crippen molar-refractivity contribution in [2.75, 3.05) is 7.11 Å². The molecule has 0 spiro atoms. The Morgan fingerprint density at radius 3 is 1.71 bits per heavy atom. The lowest BCUT2D eigenvalue weighted by Crippen LogP contribution is -1.95. The quantitative estimate of drug-likeness (QED) is 0.221. The van der Waals surface area contributed by atoms with Crippen LogP contribution < -0.4 is 4.74 Å². The van der Waals surface area contributed by atoms with Crippen molar-refractivity contribution in [1.82, 2.24) is 0 Å². The van der Waals surface area contributed by atoms with Crippen molar-refractivity contribution in [2.24, 2.45) is 0 Å². The summed E-state index contributed by atoms with van der Waals surface area (Å²) in [6, 6.07) is 45.6. The van der Waals surface area contributed by atoms with E-state index in [0.29, 0.717) is 11.3 Å². The third-order valence-electron chi connectivity index (χ3n) is 8.37. The zero-order valence-corrected chi connectivity index (χ0v) is 22.5. The Bertz CT molecular complexity index is 2140. The second kappa shape index (κ2) is 9.18. The lowest BCUT2D eigenvalue weighted by Gasteiger charge is -2.21. The summed E-state index contributed by atoms with van der Waals surface area (Å²) in [7, 11) is 1.64. The van der Waals surface area contributed by atoms with Gasteiger partial charge in [-0.15, -0.1) is 0 Å². The molecular formula is C39H25FO. The van der Waals surface area contributed by atoms with E-state index in [4.69, 9.17) is 4.74 Å². The molecule has 0 heterocycles. The molecule has 0 fully saturated rings. The molecule has 7 aromatic rings. The van der Waals surface area contributed by atoms with Gasteiger partial charge < -0.3 is 4.74 Å². The Kier molecular flexibility index (Phi) is 5.30. The molecule has 0 bridgehead atoms. The summed E-state index contributed by atoms with van der Waals surface area (Å²) in [4.78, 5) is 0. The molecule has 0 unspecified atom stereocenters. The van der Waals surface area contributed by atoms with Gasteiger partial charge in [-0.05, 0) is 84.3 Å². The van der Waals surface area contributed by atoms with Crippen LogP contribution in [0.3, 0.4) is 0 Å². The van der Waals surface area contributed by atoms with E-state index in [-0.39, 0.29) is 5.82 Å². The molecule has 0 aromatic heterocycles. The molecule has 0 N–H and O–H groups in total. The molecule has 8 rings (SSSR count). The van der Waals surface area contributed by atoms with Crippen LogP contribution in [0.4, 0.5) is 4.39 Å². The van der Waals surface area contributed by atoms with Crippen molar-refractivity contribution in [1.29, 1.82) is 0 Å². The fourth-order valence-corrected chi connectivity index (χ4v) is 6.69. The number of halogens is 1. The minimum atomic E-state index is -0.269. The van der Waals surface area contributed by atoms with Crippen LogP contribution >= 0.6 is 0 Å². The fraction of sp³-hybridized carbons (Fsp3) is 0.0256. The normalized spacial score (nSPS) is 11.7. The van der Waals surface area contributed by atoms with Crippen molar-refractivity contribution < 1.29 is 9.13 Å². The minimum absolute atomic E-state index is 0.269. The summed E-state index contributed by atoms with van der Waals surface area (Å²) in [5, 5.41) is 4.87. The Balaban J connectivity index is 1.55. The van der Waals surface area contributed by atoms with Gasteiger partial charge in [0, 0.05) is 11.1 Å². The molecule has 0 atom stereocenters. The van der Waals surface area contributed by atoms with Crippen molar-refractivity contribution in [3.8, 4) is 61.4 Å². The maximum absolute atomic E-state index is 15.1. The van der Waals surface area contributed by atoms with E-state index in [0.717, 1.165) is 16.7 Å². The van der Waals surface area contributed by atoms with E-state index in [9.17, 15) is 0 Å². The van der Waals surface area contributed by atoms with Crippen molar-refractivity contribution in [3.05, 3.63) is 139 Å². The first kappa shape index (κ1) is 23.7. The van der Waals surface area contributed by atoms with Gasteiger partial charge >= 0.3 is 0 Å². The summed E-state index contributed by atoms with van der Waals surface area (Å²) in [5.41, 5.74) is 10.8. The Hall–Kier alpha value is -5.21. The van der Waals surface area contributed by atoms with Gasteiger partial charge in [0.1, 0.15) is 11.6 Å². The standard InChI is InChI=1S/C39H25FO/c1-41-34-22-21-26(23-32(34)27-15-7-8-20-33(27)40)37-29-17-6-5-16-28(29)36(25-11-3-2-4-12-25)38-30-18-9-13-24-14-10-19-31(35(24)30)39(37)38/h2-23H,1H3. The second-order valence-electron chi connectivity index (χ2n) is 10.5. The lowest BCUT2D eigenvalue weighted by molar-refractivity contribution is 0.416. The molecule has 1 aliphatic rings. The van der Waals surface area contributed by atoms with E-state index < -0.39 is 0 Å². The highest BCUT2D eigenvalue weighted by Crippen LogP contribution is 2.57. The van der Waals surface area contributed by atoms with Crippen molar-refractivity contribution in [2.45, 2.75) is 0 Å². The highest BCUT2D eigenvalue weighted by molar-refractivity contribution is 6.27. The Labute approximate surface area is 238 Å². The van der Waals surface area contributed by atoms with Crippen molar-refractivity contribution >= 4 is 21.5 Å². The number of ether oxygens (including phenoxy) is 1. The van der Waals surface area contributed by atoms with Gasteiger partial charge in [-0.2, -0.15) is 0 Å². The molecule has 2 heteroatoms. The summed E-state index contributed by atoms with van der Waals surface area (Å²) >= 11 is 0. The monoisotopic (exact) mass is 528 g/mol. The summed E-state index contributed by atoms with van der Waals surface area (Å²) in [6.45, 7) is 0. The van der Waals surface area contributed by atoms with Crippen LogP contribution in [-0.4, -0.2) is 7.11 Å². The van der Waals surface area contributed by atoms with Gasteiger partial charge in [-0.25, -0.2) is 4.39 Å². The maximum Gasteiger partial charge on any atom is 0.131 e.